The van der Waals surface area contributed by atoms with Crippen molar-refractivity contribution in [2.45, 2.75) is 4.83 Å². The minimum absolute atomic E-state index is 0.202. The Morgan fingerprint density at radius 1 is 0.944 bits per heavy atom. The first-order chi connectivity index (χ1) is 8.47. The van der Waals surface area contributed by atoms with Crippen LogP contribution in [0.15, 0.2) is 36.4 Å². The van der Waals surface area contributed by atoms with Crippen LogP contribution in [0.5, 0.6) is 0 Å². The number of halogens is 5. The lowest BCUT2D eigenvalue weighted by Gasteiger charge is -2.12. The third-order valence-corrected chi connectivity index (χ3v) is 3.87. The summed E-state index contributed by atoms with van der Waals surface area (Å²) in [5.74, 6) is -0.988. The largest absolute Gasteiger partial charge is 0.207 e. The first-order valence-corrected chi connectivity index (χ1v) is 6.69. The lowest BCUT2D eigenvalue weighted by Crippen LogP contribution is -1.97. The van der Waals surface area contributed by atoms with Crippen LogP contribution in [0.25, 0.3) is 0 Å². The van der Waals surface area contributed by atoms with Gasteiger partial charge in [-0.25, -0.2) is 8.78 Å². The molecular formula is C13H7BrCl2F2. The molecule has 18 heavy (non-hydrogen) atoms. The van der Waals surface area contributed by atoms with E-state index < -0.39 is 16.5 Å². The lowest BCUT2D eigenvalue weighted by molar-refractivity contribution is 0.588. The topological polar surface area (TPSA) is 0 Å². The Bertz CT molecular complexity index is 567. The molecule has 2 aromatic rings. The van der Waals surface area contributed by atoms with E-state index in [1.165, 1.54) is 0 Å². The summed E-state index contributed by atoms with van der Waals surface area (Å²) in [5, 5.41) is 0.887. The molecule has 5 heteroatoms. The van der Waals surface area contributed by atoms with Crippen molar-refractivity contribution in [3.05, 3.63) is 69.2 Å². The summed E-state index contributed by atoms with van der Waals surface area (Å²) < 4.78 is 26.8. The van der Waals surface area contributed by atoms with E-state index >= 15 is 0 Å². The van der Waals surface area contributed by atoms with Gasteiger partial charge in [-0.15, -0.1) is 0 Å². The van der Waals surface area contributed by atoms with E-state index in [9.17, 15) is 8.78 Å². The molecule has 0 heterocycles. The average molecular weight is 352 g/mol. The second-order valence-electron chi connectivity index (χ2n) is 3.73. The van der Waals surface area contributed by atoms with E-state index in [4.69, 9.17) is 23.2 Å². The molecule has 0 aliphatic rings. The fourth-order valence-corrected chi connectivity index (χ4v) is 2.77. The SMILES string of the molecule is Fc1ccc(F)c(C(Br)c2cc(Cl)cc(Cl)c2)c1. The molecule has 0 N–H and O–H groups in total. The summed E-state index contributed by atoms with van der Waals surface area (Å²) in [5.41, 5.74) is 0.866. The van der Waals surface area contributed by atoms with Crippen LogP contribution in [0, 0.1) is 11.6 Å². The fourth-order valence-electron chi connectivity index (χ4n) is 1.61. The van der Waals surface area contributed by atoms with Crippen molar-refractivity contribution >= 4 is 39.1 Å². The molecule has 0 fully saturated rings. The predicted molar refractivity (Wildman–Crippen MR) is 73.6 cm³/mol. The van der Waals surface area contributed by atoms with Gasteiger partial charge in [0.2, 0.25) is 0 Å². The van der Waals surface area contributed by atoms with Gasteiger partial charge < -0.3 is 0 Å². The first-order valence-electron chi connectivity index (χ1n) is 5.02. The molecule has 0 bridgehead atoms. The van der Waals surface area contributed by atoms with Crippen LogP contribution in [0.2, 0.25) is 10.0 Å². The van der Waals surface area contributed by atoms with Crippen LogP contribution in [-0.4, -0.2) is 0 Å². The third kappa shape index (κ3) is 3.02. The predicted octanol–water partition coefficient (Wildman–Crippen LogP) is 5.76. The van der Waals surface area contributed by atoms with Crippen LogP contribution < -0.4 is 0 Å². The van der Waals surface area contributed by atoms with Crippen LogP contribution in [-0.2, 0) is 0 Å². The van der Waals surface area contributed by atoms with E-state index in [2.05, 4.69) is 15.9 Å². The van der Waals surface area contributed by atoms with Crippen molar-refractivity contribution in [2.75, 3.05) is 0 Å². The minimum atomic E-state index is -0.510. The zero-order valence-electron chi connectivity index (χ0n) is 8.93. The summed E-state index contributed by atoms with van der Waals surface area (Å²) in [6.07, 6.45) is 0. The lowest BCUT2D eigenvalue weighted by atomic mass is 10.0. The van der Waals surface area contributed by atoms with Gasteiger partial charge in [-0.3, -0.25) is 0 Å². The number of rotatable bonds is 2. The number of hydrogen-bond donors (Lipinski definition) is 0. The zero-order valence-corrected chi connectivity index (χ0v) is 12.0. The second kappa shape index (κ2) is 5.55. The standard InChI is InChI=1S/C13H7BrCl2F2/c14-13(7-3-8(15)5-9(16)4-7)11-6-10(17)1-2-12(11)18/h1-6,13H. The van der Waals surface area contributed by atoms with Gasteiger partial charge >= 0.3 is 0 Å². The van der Waals surface area contributed by atoms with Gasteiger partial charge in [0, 0.05) is 15.6 Å². The van der Waals surface area contributed by atoms with E-state index in [1.807, 2.05) is 0 Å². The normalized spacial score (nSPS) is 12.5. The number of benzene rings is 2. The molecule has 0 radical (unpaired) electrons. The van der Waals surface area contributed by atoms with Gasteiger partial charge in [-0.05, 0) is 42.0 Å². The van der Waals surface area contributed by atoms with Crippen LogP contribution in [0.4, 0.5) is 8.78 Å². The molecule has 1 atom stereocenters. The summed E-state index contributed by atoms with van der Waals surface area (Å²) in [6.45, 7) is 0. The van der Waals surface area contributed by atoms with E-state index in [0.29, 0.717) is 15.6 Å². The van der Waals surface area contributed by atoms with Gasteiger partial charge in [-0.2, -0.15) is 0 Å². The van der Waals surface area contributed by atoms with Crippen molar-refractivity contribution in [3.63, 3.8) is 0 Å². The molecule has 2 aromatic carbocycles. The van der Waals surface area contributed by atoms with Gasteiger partial charge in [0.15, 0.2) is 0 Å². The van der Waals surface area contributed by atoms with Crippen molar-refractivity contribution in [2.24, 2.45) is 0 Å². The molecule has 94 valence electrons. The van der Waals surface area contributed by atoms with E-state index in [1.54, 1.807) is 18.2 Å². The molecule has 2 rings (SSSR count). The Kier molecular flexibility index (Phi) is 4.25. The maximum atomic E-state index is 13.6. The van der Waals surface area contributed by atoms with E-state index in [-0.39, 0.29) is 5.56 Å². The van der Waals surface area contributed by atoms with Gasteiger partial charge in [0.25, 0.3) is 0 Å². The molecule has 1 unspecified atom stereocenters. The van der Waals surface area contributed by atoms with Crippen LogP contribution >= 0.6 is 39.1 Å². The Morgan fingerprint density at radius 2 is 1.56 bits per heavy atom. The quantitative estimate of drug-likeness (QED) is 0.604. The monoisotopic (exact) mass is 350 g/mol. The molecule has 0 aliphatic carbocycles. The third-order valence-electron chi connectivity index (χ3n) is 2.41. The molecular weight excluding hydrogens is 345 g/mol. The van der Waals surface area contributed by atoms with Gasteiger partial charge in [-0.1, -0.05) is 39.1 Å². The average Bonchev–Trinajstić information content (AvgIpc) is 2.30. The Hall–Kier alpha value is -0.640. The molecule has 0 saturated carbocycles. The Balaban J connectivity index is 2.47. The number of alkyl halides is 1. The first kappa shape index (κ1) is 13.8. The fraction of sp³-hybridized carbons (Fsp3) is 0.0769. The molecule has 0 amide bonds. The van der Waals surface area contributed by atoms with Gasteiger partial charge in [0.05, 0.1) is 4.83 Å². The zero-order chi connectivity index (χ0) is 13.3. The van der Waals surface area contributed by atoms with Crippen molar-refractivity contribution < 1.29 is 8.78 Å². The molecule has 0 saturated heterocycles. The molecule has 0 aliphatic heterocycles. The number of hydrogen-bond acceptors (Lipinski definition) is 0. The maximum Gasteiger partial charge on any atom is 0.128 e. The molecule has 0 nitrogen and oxygen atoms in total. The summed E-state index contributed by atoms with van der Waals surface area (Å²) >= 11 is 15.1. The van der Waals surface area contributed by atoms with Gasteiger partial charge in [0.1, 0.15) is 11.6 Å². The highest BCUT2D eigenvalue weighted by Gasteiger charge is 2.16. The van der Waals surface area contributed by atoms with E-state index in [0.717, 1.165) is 18.2 Å². The minimum Gasteiger partial charge on any atom is -0.207 e. The maximum absolute atomic E-state index is 13.6. The molecule has 0 aromatic heterocycles. The van der Waals surface area contributed by atoms with Crippen molar-refractivity contribution in [1.82, 2.24) is 0 Å². The highest BCUT2D eigenvalue weighted by atomic mass is 79.9. The summed E-state index contributed by atoms with van der Waals surface area (Å²) in [4.78, 5) is -0.510. The summed E-state index contributed by atoms with van der Waals surface area (Å²) in [6, 6.07) is 8.18. The van der Waals surface area contributed by atoms with Crippen LogP contribution in [0.1, 0.15) is 16.0 Å². The Morgan fingerprint density at radius 3 is 2.17 bits per heavy atom. The van der Waals surface area contributed by atoms with Crippen molar-refractivity contribution in [3.8, 4) is 0 Å². The van der Waals surface area contributed by atoms with Crippen molar-refractivity contribution in [1.29, 1.82) is 0 Å². The Labute approximate surface area is 122 Å². The second-order valence-corrected chi connectivity index (χ2v) is 5.52. The highest BCUT2D eigenvalue weighted by Crippen LogP contribution is 2.35. The molecule has 0 spiro atoms. The smallest absolute Gasteiger partial charge is 0.128 e. The van der Waals surface area contributed by atoms with Crippen LogP contribution in [0.3, 0.4) is 0 Å². The summed E-state index contributed by atoms with van der Waals surface area (Å²) in [7, 11) is 0. The highest BCUT2D eigenvalue weighted by molar-refractivity contribution is 9.09.